The number of allylic oxidation sites excluding steroid dienone is 4. The molecule has 1 rings (SSSR count). The van der Waals surface area contributed by atoms with E-state index < -0.39 is 49.4 Å². The predicted molar refractivity (Wildman–Crippen MR) is 210 cm³/mol. The third-order valence-corrected chi connectivity index (χ3v) is 9.87. The Morgan fingerprint density at radius 3 is 1.55 bits per heavy atom. The van der Waals surface area contributed by atoms with Gasteiger partial charge < -0.3 is 39.4 Å². The summed E-state index contributed by atoms with van der Waals surface area (Å²) in [6.45, 7) is 3.38. The van der Waals surface area contributed by atoms with Gasteiger partial charge in [0.2, 0.25) is 0 Å². The Morgan fingerprint density at radius 1 is 0.585 bits per heavy atom. The van der Waals surface area contributed by atoms with Gasteiger partial charge in [0.15, 0.2) is 12.4 Å². The molecular weight excluding hydrogens is 676 g/mol. The highest BCUT2D eigenvalue weighted by molar-refractivity contribution is 5.70. The van der Waals surface area contributed by atoms with Crippen LogP contribution in [0.25, 0.3) is 0 Å². The van der Waals surface area contributed by atoms with E-state index in [0.29, 0.717) is 6.42 Å². The van der Waals surface area contributed by atoms with Crippen LogP contribution in [0.2, 0.25) is 0 Å². The minimum atomic E-state index is -1.59. The SMILES string of the molecule is CCCCCC/C=C/C=C/CCCCCCCC(=O)O[C@H](COC(=O)CCCCCCCCCCCCCCC)CO[C@@H]1O[C@H](CO)[C@H](O)C(O)C1O. The molecule has 1 saturated heterocycles. The molecule has 1 heterocycles. The number of carbonyl (C=O) groups excluding carboxylic acids is 2. The van der Waals surface area contributed by atoms with Crippen molar-refractivity contribution in [3.63, 3.8) is 0 Å². The molecule has 0 spiro atoms. The summed E-state index contributed by atoms with van der Waals surface area (Å²) in [5, 5.41) is 40.0. The van der Waals surface area contributed by atoms with E-state index in [2.05, 4.69) is 38.2 Å². The average Bonchev–Trinajstić information content (AvgIpc) is 3.15. The van der Waals surface area contributed by atoms with Crippen LogP contribution < -0.4 is 0 Å². The third-order valence-electron chi connectivity index (χ3n) is 9.87. The van der Waals surface area contributed by atoms with Crippen molar-refractivity contribution in [2.45, 2.75) is 218 Å². The molecule has 310 valence electrons. The van der Waals surface area contributed by atoms with Gasteiger partial charge in [0.1, 0.15) is 31.0 Å². The van der Waals surface area contributed by atoms with Crippen LogP contribution >= 0.6 is 0 Å². The fourth-order valence-electron chi connectivity index (χ4n) is 6.41. The van der Waals surface area contributed by atoms with E-state index in [1.54, 1.807) is 0 Å². The van der Waals surface area contributed by atoms with Gasteiger partial charge in [0.25, 0.3) is 0 Å². The quantitative estimate of drug-likeness (QED) is 0.0281. The normalized spacial score (nSPS) is 21.1. The molecule has 2 unspecified atom stereocenters. The van der Waals surface area contributed by atoms with Crippen molar-refractivity contribution in [3.8, 4) is 0 Å². The van der Waals surface area contributed by atoms with Gasteiger partial charge in [-0.3, -0.25) is 9.59 Å². The van der Waals surface area contributed by atoms with E-state index in [1.807, 2.05) is 0 Å². The Hall–Kier alpha value is -1.82. The maximum absolute atomic E-state index is 12.7. The van der Waals surface area contributed by atoms with Crippen LogP contribution in [0, 0.1) is 0 Å². The fraction of sp³-hybridized carbons (Fsp3) is 0.860. The summed E-state index contributed by atoms with van der Waals surface area (Å²) in [6.07, 6.45) is 28.9. The number of ether oxygens (including phenoxy) is 4. The summed E-state index contributed by atoms with van der Waals surface area (Å²) in [5.74, 6) is -0.820. The Morgan fingerprint density at radius 2 is 1.04 bits per heavy atom. The van der Waals surface area contributed by atoms with E-state index in [0.717, 1.165) is 57.8 Å². The van der Waals surface area contributed by atoms with Crippen molar-refractivity contribution < 1.29 is 49.0 Å². The average molecular weight is 755 g/mol. The third kappa shape index (κ3) is 26.6. The first-order chi connectivity index (χ1) is 25.8. The number of unbranched alkanes of at least 4 members (excludes halogenated alkanes) is 21. The standard InChI is InChI=1S/C43H78O10/c1-3-5-7-9-11-13-15-17-18-20-22-24-26-28-30-32-39(46)52-36(35-51-43-42(49)41(48)40(47)37(33-44)53-43)34-50-38(45)31-29-27-25-23-21-19-16-14-12-10-8-6-4-2/h13,15,17-18,36-37,40-44,47-49H,3-12,14,16,19-35H2,1-2H3/b15-13+,18-17+/t36-,37-,40+,41?,42?,43-/m1/s1. The first kappa shape index (κ1) is 49.2. The highest BCUT2D eigenvalue weighted by Crippen LogP contribution is 2.22. The predicted octanol–water partition coefficient (Wildman–Crippen LogP) is 8.55. The topological polar surface area (TPSA) is 152 Å². The highest BCUT2D eigenvalue weighted by atomic mass is 16.7. The second-order valence-electron chi connectivity index (χ2n) is 14.8. The van der Waals surface area contributed by atoms with Crippen molar-refractivity contribution in [3.05, 3.63) is 24.3 Å². The lowest BCUT2D eigenvalue weighted by Crippen LogP contribution is -2.59. The van der Waals surface area contributed by atoms with Gasteiger partial charge in [-0.25, -0.2) is 0 Å². The Balaban J connectivity index is 2.37. The monoisotopic (exact) mass is 755 g/mol. The lowest BCUT2D eigenvalue weighted by atomic mass is 9.99. The molecule has 0 aromatic rings. The molecule has 10 nitrogen and oxygen atoms in total. The number of aliphatic hydroxyl groups is 4. The molecule has 0 amide bonds. The number of rotatable bonds is 35. The molecule has 1 aliphatic rings. The first-order valence-corrected chi connectivity index (χ1v) is 21.4. The molecular formula is C43H78O10. The summed E-state index contributed by atoms with van der Waals surface area (Å²) in [5.41, 5.74) is 0. The van der Waals surface area contributed by atoms with Crippen LogP contribution in [0.15, 0.2) is 24.3 Å². The van der Waals surface area contributed by atoms with E-state index in [4.69, 9.17) is 18.9 Å². The Labute approximate surface area is 322 Å². The smallest absolute Gasteiger partial charge is 0.306 e. The van der Waals surface area contributed by atoms with Crippen LogP contribution in [0.5, 0.6) is 0 Å². The second kappa shape index (κ2) is 34.7. The summed E-state index contributed by atoms with van der Waals surface area (Å²) in [6, 6.07) is 0. The van der Waals surface area contributed by atoms with Crippen molar-refractivity contribution in [1.82, 2.24) is 0 Å². The molecule has 10 heteroatoms. The van der Waals surface area contributed by atoms with E-state index in [-0.39, 0.29) is 32.0 Å². The second-order valence-corrected chi connectivity index (χ2v) is 14.8. The van der Waals surface area contributed by atoms with Gasteiger partial charge in [-0.1, -0.05) is 154 Å². The molecule has 0 saturated carbocycles. The van der Waals surface area contributed by atoms with Gasteiger partial charge >= 0.3 is 11.9 Å². The van der Waals surface area contributed by atoms with E-state index in [9.17, 15) is 30.0 Å². The van der Waals surface area contributed by atoms with Crippen LogP contribution in [-0.4, -0.2) is 89.0 Å². The maximum Gasteiger partial charge on any atom is 0.306 e. The summed E-state index contributed by atoms with van der Waals surface area (Å²) in [4.78, 5) is 25.2. The number of aliphatic hydroxyl groups excluding tert-OH is 4. The maximum atomic E-state index is 12.7. The van der Waals surface area contributed by atoms with Crippen molar-refractivity contribution >= 4 is 11.9 Å². The van der Waals surface area contributed by atoms with Crippen LogP contribution in [0.3, 0.4) is 0 Å². The van der Waals surface area contributed by atoms with Gasteiger partial charge in [-0.2, -0.15) is 0 Å². The molecule has 4 N–H and O–H groups in total. The molecule has 0 aliphatic carbocycles. The van der Waals surface area contributed by atoms with E-state index >= 15 is 0 Å². The van der Waals surface area contributed by atoms with Gasteiger partial charge in [0.05, 0.1) is 13.2 Å². The number of carbonyl (C=O) groups is 2. The molecule has 53 heavy (non-hydrogen) atoms. The zero-order chi connectivity index (χ0) is 38.8. The van der Waals surface area contributed by atoms with Crippen molar-refractivity contribution in [1.29, 1.82) is 0 Å². The minimum absolute atomic E-state index is 0.215. The molecule has 6 atom stereocenters. The van der Waals surface area contributed by atoms with Crippen LogP contribution in [0.4, 0.5) is 0 Å². The molecule has 0 aromatic carbocycles. The number of hydrogen-bond donors (Lipinski definition) is 4. The highest BCUT2D eigenvalue weighted by Gasteiger charge is 2.44. The zero-order valence-corrected chi connectivity index (χ0v) is 33.5. The van der Waals surface area contributed by atoms with Crippen LogP contribution in [-0.2, 0) is 28.5 Å². The largest absolute Gasteiger partial charge is 0.462 e. The number of esters is 2. The summed E-state index contributed by atoms with van der Waals surface area (Å²) < 4.78 is 22.1. The van der Waals surface area contributed by atoms with Crippen LogP contribution in [0.1, 0.15) is 181 Å². The number of hydrogen-bond acceptors (Lipinski definition) is 10. The van der Waals surface area contributed by atoms with Crippen molar-refractivity contribution in [2.24, 2.45) is 0 Å². The summed E-state index contributed by atoms with van der Waals surface area (Å²) >= 11 is 0. The van der Waals surface area contributed by atoms with Gasteiger partial charge in [-0.15, -0.1) is 0 Å². The molecule has 0 bridgehead atoms. The lowest BCUT2D eigenvalue weighted by Gasteiger charge is -2.39. The van der Waals surface area contributed by atoms with E-state index in [1.165, 1.54) is 89.9 Å². The van der Waals surface area contributed by atoms with Gasteiger partial charge in [-0.05, 0) is 38.5 Å². The minimum Gasteiger partial charge on any atom is -0.462 e. The molecule has 1 aliphatic heterocycles. The lowest BCUT2D eigenvalue weighted by molar-refractivity contribution is -0.305. The van der Waals surface area contributed by atoms with Crippen molar-refractivity contribution in [2.75, 3.05) is 19.8 Å². The molecule has 1 fully saturated rings. The Kier molecular flexibility index (Phi) is 32.2. The fourth-order valence-corrected chi connectivity index (χ4v) is 6.41. The Bertz CT molecular complexity index is 923. The molecule has 0 aromatic heterocycles. The summed E-state index contributed by atoms with van der Waals surface area (Å²) in [7, 11) is 0. The molecule has 0 radical (unpaired) electrons. The van der Waals surface area contributed by atoms with Gasteiger partial charge in [0, 0.05) is 12.8 Å². The zero-order valence-electron chi connectivity index (χ0n) is 33.5. The first-order valence-electron chi connectivity index (χ1n) is 21.4.